The molecule has 0 rings (SSSR count). The largest absolute Gasteiger partial charge is 0.349 e. The number of guanidine groups is 1. The SMILES string of the molecule is CCC[CH]N(C)/C(=N/C)N(C)C. The van der Waals surface area contributed by atoms with Crippen LogP contribution in [0, 0.1) is 6.54 Å². The first-order valence-corrected chi connectivity index (χ1v) is 4.33. The number of hydrogen-bond donors (Lipinski definition) is 0. The third-order valence-corrected chi connectivity index (χ3v) is 1.61. The molecule has 0 heterocycles. The minimum Gasteiger partial charge on any atom is -0.349 e. The standard InChI is InChI=1S/C9H20N3/c1-6-7-8-12(5)9(10-2)11(3)4/h8H,6-7H2,1-5H3/b10-9+. The molecule has 71 valence electrons. The van der Waals surface area contributed by atoms with Crippen molar-refractivity contribution in [2.75, 3.05) is 28.2 Å². The van der Waals surface area contributed by atoms with Crippen molar-refractivity contribution in [1.82, 2.24) is 9.80 Å². The normalized spacial score (nSPS) is 11.6. The van der Waals surface area contributed by atoms with Crippen molar-refractivity contribution in [1.29, 1.82) is 0 Å². The van der Waals surface area contributed by atoms with E-state index in [1.807, 2.05) is 33.1 Å². The van der Waals surface area contributed by atoms with Gasteiger partial charge in [0.2, 0.25) is 0 Å². The van der Waals surface area contributed by atoms with Gasteiger partial charge < -0.3 is 9.80 Å². The van der Waals surface area contributed by atoms with Crippen LogP contribution in [-0.2, 0) is 0 Å². The highest BCUT2D eigenvalue weighted by atomic mass is 15.3. The summed E-state index contributed by atoms with van der Waals surface area (Å²) in [6.45, 7) is 4.32. The van der Waals surface area contributed by atoms with Crippen LogP contribution in [0.2, 0.25) is 0 Å². The van der Waals surface area contributed by atoms with Gasteiger partial charge in [0.1, 0.15) is 0 Å². The molecule has 1 radical (unpaired) electrons. The Morgan fingerprint density at radius 2 is 1.92 bits per heavy atom. The summed E-state index contributed by atoms with van der Waals surface area (Å²) in [6, 6.07) is 0. The van der Waals surface area contributed by atoms with Gasteiger partial charge in [0, 0.05) is 28.2 Å². The molecule has 0 aliphatic heterocycles. The Morgan fingerprint density at radius 1 is 1.33 bits per heavy atom. The average molecular weight is 170 g/mol. The van der Waals surface area contributed by atoms with Crippen molar-refractivity contribution in [3.63, 3.8) is 0 Å². The maximum absolute atomic E-state index is 4.18. The highest BCUT2D eigenvalue weighted by Gasteiger charge is 2.06. The molecule has 0 amide bonds. The zero-order valence-electron chi connectivity index (χ0n) is 8.83. The second kappa shape index (κ2) is 5.86. The summed E-state index contributed by atoms with van der Waals surface area (Å²) in [4.78, 5) is 8.24. The van der Waals surface area contributed by atoms with Crippen molar-refractivity contribution in [3.8, 4) is 0 Å². The molecule has 0 aliphatic carbocycles. The molecule has 0 aromatic heterocycles. The maximum atomic E-state index is 4.18. The molecule has 3 heteroatoms. The monoisotopic (exact) mass is 170 g/mol. The van der Waals surface area contributed by atoms with E-state index >= 15 is 0 Å². The molecule has 0 saturated heterocycles. The first-order chi connectivity index (χ1) is 5.63. The average Bonchev–Trinajstić information content (AvgIpc) is 2.01. The third-order valence-electron chi connectivity index (χ3n) is 1.61. The Labute approximate surface area is 76.1 Å². The molecular weight excluding hydrogens is 150 g/mol. The van der Waals surface area contributed by atoms with Gasteiger partial charge in [0.15, 0.2) is 5.96 Å². The second-order valence-electron chi connectivity index (χ2n) is 3.00. The van der Waals surface area contributed by atoms with Crippen LogP contribution in [0.1, 0.15) is 19.8 Å². The van der Waals surface area contributed by atoms with Gasteiger partial charge in [0.05, 0.1) is 6.54 Å². The predicted octanol–water partition coefficient (Wildman–Crippen LogP) is 1.43. The summed E-state index contributed by atoms with van der Waals surface area (Å²) >= 11 is 0. The summed E-state index contributed by atoms with van der Waals surface area (Å²) in [7, 11) is 7.83. The molecule has 0 unspecified atom stereocenters. The van der Waals surface area contributed by atoms with Gasteiger partial charge in [-0.3, -0.25) is 4.99 Å². The summed E-state index contributed by atoms with van der Waals surface area (Å²) in [6.07, 6.45) is 2.28. The molecule has 12 heavy (non-hydrogen) atoms. The number of nitrogens with zero attached hydrogens (tertiary/aromatic N) is 3. The van der Waals surface area contributed by atoms with Crippen molar-refractivity contribution in [2.24, 2.45) is 4.99 Å². The highest BCUT2D eigenvalue weighted by Crippen LogP contribution is 2.00. The van der Waals surface area contributed by atoms with Gasteiger partial charge >= 0.3 is 0 Å². The molecular formula is C9H20N3. The van der Waals surface area contributed by atoms with E-state index in [0.717, 1.165) is 12.4 Å². The minimum absolute atomic E-state index is 0.989. The van der Waals surface area contributed by atoms with E-state index < -0.39 is 0 Å². The number of hydrogen-bond acceptors (Lipinski definition) is 1. The van der Waals surface area contributed by atoms with Gasteiger partial charge in [-0.1, -0.05) is 13.3 Å². The van der Waals surface area contributed by atoms with Crippen LogP contribution >= 0.6 is 0 Å². The maximum Gasteiger partial charge on any atom is 0.195 e. The number of aliphatic imine (C=N–C) groups is 1. The summed E-state index contributed by atoms with van der Waals surface area (Å²) in [5.41, 5.74) is 0. The van der Waals surface area contributed by atoms with Crippen LogP contribution < -0.4 is 0 Å². The minimum atomic E-state index is 0.989. The Kier molecular flexibility index (Phi) is 5.51. The molecule has 0 aromatic carbocycles. The zero-order valence-corrected chi connectivity index (χ0v) is 8.83. The van der Waals surface area contributed by atoms with Crippen LogP contribution in [0.4, 0.5) is 0 Å². The fraction of sp³-hybridized carbons (Fsp3) is 0.778. The smallest absolute Gasteiger partial charge is 0.195 e. The van der Waals surface area contributed by atoms with E-state index in [2.05, 4.69) is 23.4 Å². The Morgan fingerprint density at radius 3 is 2.25 bits per heavy atom. The van der Waals surface area contributed by atoms with E-state index in [1.165, 1.54) is 6.42 Å². The van der Waals surface area contributed by atoms with Crippen LogP contribution in [0.25, 0.3) is 0 Å². The summed E-state index contributed by atoms with van der Waals surface area (Å²) in [5.74, 6) is 0.989. The lowest BCUT2D eigenvalue weighted by Gasteiger charge is -2.25. The van der Waals surface area contributed by atoms with Crippen molar-refractivity contribution in [3.05, 3.63) is 6.54 Å². The number of rotatable bonds is 3. The topological polar surface area (TPSA) is 18.8 Å². The van der Waals surface area contributed by atoms with Gasteiger partial charge in [-0.15, -0.1) is 0 Å². The van der Waals surface area contributed by atoms with Crippen LogP contribution in [-0.4, -0.2) is 44.0 Å². The lowest BCUT2D eigenvalue weighted by molar-refractivity contribution is 0.466. The van der Waals surface area contributed by atoms with E-state index in [-0.39, 0.29) is 0 Å². The predicted molar refractivity (Wildman–Crippen MR) is 54.0 cm³/mol. The fourth-order valence-electron chi connectivity index (χ4n) is 1.08. The quantitative estimate of drug-likeness (QED) is 0.471. The molecule has 3 nitrogen and oxygen atoms in total. The van der Waals surface area contributed by atoms with E-state index in [0.29, 0.717) is 0 Å². The molecule has 0 atom stereocenters. The first kappa shape index (κ1) is 11.3. The molecule has 0 aromatic rings. The second-order valence-corrected chi connectivity index (χ2v) is 3.00. The number of unbranched alkanes of at least 4 members (excludes halogenated alkanes) is 1. The van der Waals surface area contributed by atoms with Crippen molar-refractivity contribution in [2.45, 2.75) is 19.8 Å². The van der Waals surface area contributed by atoms with Gasteiger partial charge in [-0.25, -0.2) is 0 Å². The van der Waals surface area contributed by atoms with E-state index in [1.54, 1.807) is 0 Å². The van der Waals surface area contributed by atoms with Gasteiger partial charge in [0.25, 0.3) is 0 Å². The highest BCUT2D eigenvalue weighted by molar-refractivity contribution is 5.79. The van der Waals surface area contributed by atoms with E-state index in [4.69, 9.17) is 0 Å². The Bertz CT molecular complexity index is 141. The van der Waals surface area contributed by atoms with Crippen LogP contribution in [0.3, 0.4) is 0 Å². The Hall–Kier alpha value is -0.730. The van der Waals surface area contributed by atoms with Crippen molar-refractivity contribution >= 4 is 5.96 Å². The molecule has 0 bridgehead atoms. The summed E-state index contributed by atoms with van der Waals surface area (Å²) in [5, 5.41) is 0. The van der Waals surface area contributed by atoms with Gasteiger partial charge in [-0.2, -0.15) is 0 Å². The van der Waals surface area contributed by atoms with Gasteiger partial charge in [-0.05, 0) is 6.42 Å². The van der Waals surface area contributed by atoms with Crippen molar-refractivity contribution < 1.29 is 0 Å². The Balaban J connectivity index is 3.96. The van der Waals surface area contributed by atoms with E-state index in [9.17, 15) is 0 Å². The first-order valence-electron chi connectivity index (χ1n) is 4.33. The molecule has 0 spiro atoms. The van der Waals surface area contributed by atoms with Crippen LogP contribution in [0.5, 0.6) is 0 Å². The summed E-state index contributed by atoms with van der Waals surface area (Å²) < 4.78 is 0. The fourth-order valence-corrected chi connectivity index (χ4v) is 1.08. The third kappa shape index (κ3) is 3.60. The molecule has 0 saturated carbocycles. The lowest BCUT2D eigenvalue weighted by Crippen LogP contribution is -2.36. The molecule has 0 fully saturated rings. The lowest BCUT2D eigenvalue weighted by atomic mass is 10.3. The molecule has 0 aliphatic rings. The molecule has 0 N–H and O–H groups in total. The van der Waals surface area contributed by atoms with Crippen LogP contribution in [0.15, 0.2) is 4.99 Å². The zero-order chi connectivity index (χ0) is 9.56.